The van der Waals surface area contributed by atoms with E-state index in [9.17, 15) is 14.0 Å². The Morgan fingerprint density at radius 3 is 2.68 bits per heavy atom. The number of anilines is 1. The molecule has 2 aromatic carbocycles. The maximum Gasteiger partial charge on any atom is 0.338 e. The first-order chi connectivity index (χ1) is 13.6. The van der Waals surface area contributed by atoms with Crippen molar-refractivity contribution in [3.63, 3.8) is 0 Å². The summed E-state index contributed by atoms with van der Waals surface area (Å²) in [5.74, 6) is -1.09. The Hall–Kier alpha value is -3.42. The second kappa shape index (κ2) is 7.67. The fourth-order valence-electron chi connectivity index (χ4n) is 3.27. The lowest BCUT2D eigenvalue weighted by Gasteiger charge is -2.36. The Morgan fingerprint density at radius 1 is 1.11 bits per heavy atom. The van der Waals surface area contributed by atoms with Gasteiger partial charge in [0.05, 0.1) is 28.6 Å². The lowest BCUT2D eigenvalue weighted by atomic mass is 10.2. The largest absolute Gasteiger partial charge is 0.452 e. The lowest BCUT2D eigenvalue weighted by Crippen LogP contribution is -2.50. The van der Waals surface area contributed by atoms with Gasteiger partial charge in [0.1, 0.15) is 5.82 Å². The molecular formula is C20H19FN4O3. The number of esters is 1. The number of rotatable bonds is 4. The van der Waals surface area contributed by atoms with E-state index in [4.69, 9.17) is 4.74 Å². The fourth-order valence-corrected chi connectivity index (χ4v) is 3.27. The number of hydrogen-bond acceptors (Lipinski definition) is 5. The molecule has 28 heavy (non-hydrogen) atoms. The van der Waals surface area contributed by atoms with Crippen molar-refractivity contribution in [1.29, 1.82) is 0 Å². The van der Waals surface area contributed by atoms with Crippen LogP contribution in [0.4, 0.5) is 10.1 Å². The van der Waals surface area contributed by atoms with Crippen LogP contribution in [0, 0.1) is 5.82 Å². The molecule has 8 heteroatoms. The van der Waals surface area contributed by atoms with Crippen LogP contribution in [0.15, 0.2) is 48.8 Å². The second-order valence-electron chi connectivity index (χ2n) is 6.53. The average molecular weight is 382 g/mol. The number of nitrogens with zero attached hydrogens (tertiary/aromatic N) is 3. The number of benzene rings is 2. The average Bonchev–Trinajstić information content (AvgIpc) is 3.20. The molecule has 0 spiro atoms. The number of ether oxygens (including phenoxy) is 1. The van der Waals surface area contributed by atoms with Crippen LogP contribution in [0.25, 0.3) is 11.0 Å². The van der Waals surface area contributed by atoms with Crippen LogP contribution in [-0.2, 0) is 9.53 Å². The van der Waals surface area contributed by atoms with E-state index in [1.165, 1.54) is 6.07 Å². The molecule has 0 saturated carbocycles. The first-order valence-corrected chi connectivity index (χ1v) is 8.99. The highest BCUT2D eigenvalue weighted by Gasteiger charge is 2.23. The standard InChI is InChI=1S/C20H19FN4O3/c21-15-3-1-2-4-18(15)24-7-9-25(10-8-24)19(26)12-28-20(27)14-5-6-16-17(11-14)23-13-22-16/h1-6,11,13H,7-10,12H2,(H,22,23). The number of aromatic amines is 1. The van der Waals surface area contributed by atoms with E-state index in [2.05, 4.69) is 9.97 Å². The van der Waals surface area contributed by atoms with E-state index < -0.39 is 5.97 Å². The summed E-state index contributed by atoms with van der Waals surface area (Å²) in [4.78, 5) is 35.1. The van der Waals surface area contributed by atoms with Crippen molar-refractivity contribution >= 4 is 28.6 Å². The van der Waals surface area contributed by atoms with Gasteiger partial charge in [-0.15, -0.1) is 0 Å². The molecule has 0 aliphatic carbocycles. The molecule has 7 nitrogen and oxygen atoms in total. The third-order valence-corrected chi connectivity index (χ3v) is 4.81. The van der Waals surface area contributed by atoms with Crippen molar-refractivity contribution in [1.82, 2.24) is 14.9 Å². The van der Waals surface area contributed by atoms with Crippen LogP contribution < -0.4 is 4.90 Å². The molecule has 2 heterocycles. The predicted molar refractivity (Wildman–Crippen MR) is 102 cm³/mol. The monoisotopic (exact) mass is 382 g/mol. The van der Waals surface area contributed by atoms with Gasteiger partial charge in [0, 0.05) is 26.2 Å². The van der Waals surface area contributed by atoms with Crippen LogP contribution in [0.2, 0.25) is 0 Å². The maximum atomic E-state index is 13.9. The van der Waals surface area contributed by atoms with E-state index >= 15 is 0 Å². The number of hydrogen-bond donors (Lipinski definition) is 1. The summed E-state index contributed by atoms with van der Waals surface area (Å²) in [5, 5.41) is 0. The number of fused-ring (bicyclic) bond motifs is 1. The van der Waals surface area contributed by atoms with E-state index in [-0.39, 0.29) is 18.3 Å². The number of amides is 1. The number of nitrogens with one attached hydrogen (secondary N) is 1. The summed E-state index contributed by atoms with van der Waals surface area (Å²) in [5.41, 5.74) is 2.37. The van der Waals surface area contributed by atoms with Crippen LogP contribution in [0.3, 0.4) is 0 Å². The van der Waals surface area contributed by atoms with E-state index in [0.717, 1.165) is 11.0 Å². The SMILES string of the molecule is O=C(OCC(=O)N1CCN(c2ccccc2F)CC1)c1ccc2nc[nH]c2c1. The molecule has 144 valence electrons. The summed E-state index contributed by atoms with van der Waals surface area (Å²) in [6.07, 6.45) is 1.55. The third-order valence-electron chi connectivity index (χ3n) is 4.81. The highest BCUT2D eigenvalue weighted by molar-refractivity contribution is 5.94. The molecule has 4 rings (SSSR count). The molecule has 1 fully saturated rings. The van der Waals surface area contributed by atoms with Gasteiger partial charge in [0.2, 0.25) is 0 Å². The normalized spacial score (nSPS) is 14.3. The molecule has 1 amide bonds. The number of aromatic nitrogens is 2. The van der Waals surface area contributed by atoms with Crippen molar-refractivity contribution in [2.45, 2.75) is 0 Å². The Bertz CT molecular complexity index is 1010. The number of para-hydroxylation sites is 1. The van der Waals surface area contributed by atoms with Gasteiger partial charge < -0.3 is 19.5 Å². The zero-order valence-corrected chi connectivity index (χ0v) is 15.1. The fraction of sp³-hybridized carbons (Fsp3) is 0.250. The minimum atomic E-state index is -0.560. The molecule has 3 aromatic rings. The molecular weight excluding hydrogens is 363 g/mol. The summed E-state index contributed by atoms with van der Waals surface area (Å²) in [6.45, 7) is 1.63. The van der Waals surface area contributed by atoms with Gasteiger partial charge in [-0.25, -0.2) is 14.2 Å². The predicted octanol–water partition coefficient (Wildman–Crippen LogP) is 2.21. The number of imidazole rings is 1. The molecule has 0 radical (unpaired) electrons. The van der Waals surface area contributed by atoms with Crippen LogP contribution >= 0.6 is 0 Å². The van der Waals surface area contributed by atoms with Gasteiger partial charge in [-0.2, -0.15) is 0 Å². The Morgan fingerprint density at radius 2 is 1.89 bits per heavy atom. The maximum absolute atomic E-state index is 13.9. The van der Waals surface area contributed by atoms with Crippen LogP contribution in [0.1, 0.15) is 10.4 Å². The van der Waals surface area contributed by atoms with Gasteiger partial charge in [0.15, 0.2) is 6.61 Å². The highest BCUT2D eigenvalue weighted by atomic mass is 19.1. The summed E-state index contributed by atoms with van der Waals surface area (Å²) >= 11 is 0. The van der Waals surface area contributed by atoms with Crippen molar-refractivity contribution in [2.24, 2.45) is 0 Å². The first kappa shape index (κ1) is 18.0. The molecule has 1 aliphatic heterocycles. The van der Waals surface area contributed by atoms with E-state index in [0.29, 0.717) is 37.4 Å². The van der Waals surface area contributed by atoms with Crippen molar-refractivity contribution < 1.29 is 18.7 Å². The first-order valence-electron chi connectivity index (χ1n) is 8.99. The van der Waals surface area contributed by atoms with E-state index in [1.807, 2.05) is 4.90 Å². The Labute approximate surface area is 160 Å². The number of carbonyl (C=O) groups excluding carboxylic acids is 2. The van der Waals surface area contributed by atoms with Gasteiger partial charge in [-0.1, -0.05) is 12.1 Å². The van der Waals surface area contributed by atoms with E-state index in [1.54, 1.807) is 47.6 Å². The minimum absolute atomic E-state index is 0.260. The molecule has 1 saturated heterocycles. The zero-order chi connectivity index (χ0) is 19.5. The third kappa shape index (κ3) is 3.66. The summed E-state index contributed by atoms with van der Waals surface area (Å²) in [6, 6.07) is 11.6. The van der Waals surface area contributed by atoms with Gasteiger partial charge in [-0.3, -0.25) is 4.79 Å². The van der Waals surface area contributed by atoms with Gasteiger partial charge in [-0.05, 0) is 30.3 Å². The molecule has 0 unspecified atom stereocenters. The van der Waals surface area contributed by atoms with Gasteiger partial charge >= 0.3 is 5.97 Å². The second-order valence-corrected chi connectivity index (χ2v) is 6.53. The quantitative estimate of drug-likeness (QED) is 0.700. The topological polar surface area (TPSA) is 78.5 Å². The lowest BCUT2D eigenvalue weighted by molar-refractivity contribution is -0.134. The molecule has 1 aliphatic rings. The smallest absolute Gasteiger partial charge is 0.338 e. The highest BCUT2D eigenvalue weighted by Crippen LogP contribution is 2.20. The Kier molecular flexibility index (Phi) is 4.92. The number of halogens is 1. The number of carbonyl (C=O) groups is 2. The summed E-state index contributed by atoms with van der Waals surface area (Å²) < 4.78 is 19.1. The zero-order valence-electron chi connectivity index (χ0n) is 15.1. The molecule has 1 N–H and O–H groups in total. The summed E-state index contributed by atoms with van der Waals surface area (Å²) in [7, 11) is 0. The van der Waals surface area contributed by atoms with Crippen molar-refractivity contribution in [2.75, 3.05) is 37.7 Å². The number of H-pyrrole nitrogens is 1. The molecule has 0 bridgehead atoms. The molecule has 1 aromatic heterocycles. The van der Waals surface area contributed by atoms with Crippen LogP contribution in [-0.4, -0.2) is 59.5 Å². The van der Waals surface area contributed by atoms with Crippen molar-refractivity contribution in [3.8, 4) is 0 Å². The van der Waals surface area contributed by atoms with Crippen molar-refractivity contribution in [3.05, 3.63) is 60.2 Å². The van der Waals surface area contributed by atoms with Gasteiger partial charge in [0.25, 0.3) is 5.91 Å². The minimum Gasteiger partial charge on any atom is -0.452 e. The number of piperazine rings is 1. The molecule has 0 atom stereocenters. The Balaban J connectivity index is 1.30. The van der Waals surface area contributed by atoms with Crippen LogP contribution in [0.5, 0.6) is 0 Å².